The summed E-state index contributed by atoms with van der Waals surface area (Å²) in [5, 5.41) is 281. The third-order valence-corrected chi connectivity index (χ3v) is 23.1. The standard InChI is InChI=1S/C27H32O13.C15H10O8.C15H10O7.2C15H10O6.C15H12O5/c1-11-2-4-12(5-3-11)17-8-15(30)20-14(29)6-13(7-18(20)38-17)37-27-25(23(34)22(33)19(9-28)39-27)40-26-24(35)21(32)16(31)10-36-26;16-6-3-7(17)11-10(4-6)23-15(14(22)13(11)21)5-1-8(18)12(20)9(19)2-5;16-7-4-10(19)12-11(5-7)22-15(14(21)13(12)20)6-1-2-8(17)9(18)3-6;16-8-3-1-7(2-4-8)15-14(20)13(19)12-10(18)5-9(17)6-11(12)21-15;16-8-4-11(19)15-12(20)6-13(21-14(15)5-8)7-1-2-9(17)10(18)3-7;16-9-3-1-8(2-4-9)13-7-12(19)15-11(18)5-10(17)6-14(15)20-13/h2-7,16-17,19,21-29,31-35H,8-10H2,1H3;1-4,16-20,22H;1-5,16-19,21H;1-6,16-18,20H;1-6,16-19H;1-6,13,16-18H,7H2. The topological polar surface area (TPSA) is 797 Å². The van der Waals surface area contributed by atoms with Gasteiger partial charge in [0.15, 0.2) is 86.9 Å². The number of carbonyl (C=O) groups is 2. The van der Waals surface area contributed by atoms with Crippen LogP contribution in [0, 0.1) is 6.92 Å². The summed E-state index contributed by atoms with van der Waals surface area (Å²) in [6.45, 7) is 0.859. The lowest BCUT2D eigenvalue weighted by molar-refractivity contribution is -0.344. The predicted molar refractivity (Wildman–Crippen MR) is 506 cm³/mol. The fraction of sp³-hybridized carbons (Fsp3) is 0.157. The van der Waals surface area contributed by atoms with Crippen molar-refractivity contribution in [3.05, 3.63) is 269 Å². The first-order valence-electron chi connectivity index (χ1n) is 43.2. The molecule has 0 bridgehead atoms. The van der Waals surface area contributed by atoms with Gasteiger partial charge in [-0.15, -0.1) is 0 Å². The highest BCUT2D eigenvalue weighted by atomic mass is 16.8. The van der Waals surface area contributed by atoms with Crippen molar-refractivity contribution in [1.29, 1.82) is 0 Å². The van der Waals surface area contributed by atoms with Gasteiger partial charge in [0.05, 0.1) is 26.1 Å². The second kappa shape index (κ2) is 41.8. The van der Waals surface area contributed by atoms with Crippen LogP contribution >= 0.6 is 0 Å². The number of aromatic hydroxyl groups is 23. The van der Waals surface area contributed by atoms with E-state index in [1.807, 2.05) is 31.2 Å². The number of aliphatic hydroxyl groups is 6. The first-order valence-corrected chi connectivity index (χ1v) is 43.2. The lowest BCUT2D eigenvalue weighted by Gasteiger charge is -2.44. The quantitative estimate of drug-likeness (QED) is 0.0535. The summed E-state index contributed by atoms with van der Waals surface area (Å²) >= 11 is 0. The van der Waals surface area contributed by atoms with E-state index >= 15 is 0 Å². The Balaban J connectivity index is 0.000000135. The minimum absolute atomic E-state index is 0.0119. The highest BCUT2D eigenvalue weighted by Crippen LogP contribution is 2.49. The van der Waals surface area contributed by atoms with Crippen LogP contribution in [0.1, 0.15) is 62.5 Å². The fourth-order valence-electron chi connectivity index (χ4n) is 15.7. The second-order valence-electron chi connectivity index (χ2n) is 33.3. The number of hydrogen-bond donors (Lipinski definition) is 29. The third-order valence-electron chi connectivity index (χ3n) is 23.1. The van der Waals surface area contributed by atoms with Gasteiger partial charge in [0.2, 0.25) is 39.8 Å². The number of Topliss-reactive ketones (excluding diaryl/α,β-unsaturated/α-hetero) is 2. The number of fused-ring (bicyclic) bond motifs is 6. The van der Waals surface area contributed by atoms with Crippen molar-refractivity contribution in [2.75, 3.05) is 13.2 Å². The van der Waals surface area contributed by atoms with Gasteiger partial charge in [-0.05, 0) is 103 Å². The summed E-state index contributed by atoms with van der Waals surface area (Å²) in [6.07, 6.45) is -15.0. The number of phenols is 20. The van der Waals surface area contributed by atoms with E-state index in [1.165, 1.54) is 84.9 Å². The molecule has 8 heterocycles. The number of aliphatic hydroxyl groups excluding tert-OH is 6. The molecule has 12 aromatic carbocycles. The van der Waals surface area contributed by atoms with E-state index in [2.05, 4.69) is 0 Å². The number of carbonyl (C=O) groups excluding carboxylic acids is 2. The van der Waals surface area contributed by atoms with Gasteiger partial charge < -0.3 is 194 Å². The molecule has 0 amide bonds. The molecule has 16 aromatic rings. The van der Waals surface area contributed by atoms with Crippen molar-refractivity contribution in [1.82, 2.24) is 0 Å². The highest BCUT2D eigenvalue weighted by molar-refractivity contribution is 6.04. The molecule has 11 atom stereocenters. The van der Waals surface area contributed by atoms with Gasteiger partial charge in [-0.25, -0.2) is 0 Å². The molecule has 762 valence electrons. The zero-order valence-electron chi connectivity index (χ0n) is 75.2. The molecule has 4 aliphatic heterocycles. The summed E-state index contributed by atoms with van der Waals surface area (Å²) in [5.41, 5.74) is -0.164. The van der Waals surface area contributed by atoms with Crippen molar-refractivity contribution in [3.63, 3.8) is 0 Å². The SMILES string of the molecule is Cc1ccc(C2CC(=O)c3c(O)cc(OC4OC(CO)C(O)C(O)C4OC4OCC(O)C(O)C4O)cc3O2)cc1.O=C1CC(c2ccc(O)cc2)Oc2cc(O)cc(O)c21.O=c1c(O)c(-c2cc(O)c(O)c(O)c2)oc2cc(O)cc(O)c12.O=c1c(O)c(-c2ccc(O)c(O)c2)oc2cc(O)cc(O)c12.O=c1c(O)c(-c2ccc(O)cc2)oc2cc(O)cc(O)c12.O=c1cc(-c2ccc(O)c(O)c2)oc2cc(O)cc(O)c12. The largest absolute Gasteiger partial charge is 0.508 e. The van der Waals surface area contributed by atoms with Crippen LogP contribution in [0.15, 0.2) is 237 Å². The van der Waals surface area contributed by atoms with Gasteiger partial charge in [-0.2, -0.15) is 0 Å². The molecule has 2 fully saturated rings. The van der Waals surface area contributed by atoms with Crippen LogP contribution in [-0.4, -0.2) is 228 Å². The molecule has 20 rings (SSSR count). The van der Waals surface area contributed by atoms with E-state index in [0.29, 0.717) is 11.1 Å². The molecular weight excluding hydrogens is 1950 g/mol. The second-order valence-corrected chi connectivity index (χ2v) is 33.3. The molecule has 0 radical (unpaired) electrons. The molecule has 0 saturated carbocycles. The van der Waals surface area contributed by atoms with Crippen LogP contribution in [0.2, 0.25) is 0 Å². The normalized spacial score (nSPS) is 18.6. The fourth-order valence-corrected chi connectivity index (χ4v) is 15.7. The molecule has 2 saturated heterocycles. The Labute approximate surface area is 819 Å². The van der Waals surface area contributed by atoms with Crippen molar-refractivity contribution < 1.29 is 204 Å². The highest BCUT2D eigenvalue weighted by Gasteiger charge is 2.51. The van der Waals surface area contributed by atoms with Gasteiger partial charge >= 0.3 is 0 Å². The molecular formula is C102H84O45. The summed E-state index contributed by atoms with van der Waals surface area (Å²) in [6, 6.07) is 43.5. The molecule has 4 aromatic heterocycles. The number of rotatable bonds is 11. The number of aryl methyl sites for hydroxylation is 1. The molecule has 45 heteroatoms. The molecule has 45 nitrogen and oxygen atoms in total. The Morgan fingerprint density at radius 2 is 0.721 bits per heavy atom. The minimum Gasteiger partial charge on any atom is -0.508 e. The zero-order valence-corrected chi connectivity index (χ0v) is 75.2. The maximum atomic E-state index is 12.9. The van der Waals surface area contributed by atoms with Crippen LogP contribution in [0.25, 0.3) is 89.2 Å². The number of phenolic OH excluding ortho intramolecular Hbond substituents is 20. The minimum atomic E-state index is -1.72. The van der Waals surface area contributed by atoms with E-state index in [-0.39, 0.29) is 201 Å². The predicted octanol–water partition coefficient (Wildman–Crippen LogP) is 9.81. The third kappa shape index (κ3) is 21.6. The van der Waals surface area contributed by atoms with E-state index in [0.717, 1.165) is 95.6 Å². The lowest BCUT2D eigenvalue weighted by atomic mass is 9.95. The van der Waals surface area contributed by atoms with E-state index in [4.69, 9.17) is 46.1 Å². The van der Waals surface area contributed by atoms with Crippen molar-refractivity contribution >= 4 is 55.4 Å². The summed E-state index contributed by atoms with van der Waals surface area (Å²) in [5.74, 6) is -10.9. The van der Waals surface area contributed by atoms with Crippen LogP contribution in [0.3, 0.4) is 0 Å². The van der Waals surface area contributed by atoms with Crippen LogP contribution in [0.4, 0.5) is 0 Å². The zero-order chi connectivity index (χ0) is 106. The van der Waals surface area contributed by atoms with E-state index in [1.54, 1.807) is 12.1 Å². The molecule has 0 aliphatic carbocycles. The van der Waals surface area contributed by atoms with Gasteiger partial charge in [-0.3, -0.25) is 28.8 Å². The Hall–Kier alpha value is -18.7. The van der Waals surface area contributed by atoms with Crippen LogP contribution in [0.5, 0.6) is 149 Å². The molecule has 0 spiro atoms. The Kier molecular flexibility index (Phi) is 29.2. The summed E-state index contributed by atoms with van der Waals surface area (Å²) in [7, 11) is 0. The van der Waals surface area contributed by atoms with Crippen LogP contribution in [-0.2, 0) is 14.2 Å². The molecule has 11 unspecified atom stereocenters. The molecule has 147 heavy (non-hydrogen) atoms. The monoisotopic (exact) mass is 2030 g/mol. The first-order chi connectivity index (χ1) is 69.7. The van der Waals surface area contributed by atoms with Crippen molar-refractivity contribution in [2.45, 2.75) is 87.3 Å². The van der Waals surface area contributed by atoms with Crippen molar-refractivity contribution in [2.24, 2.45) is 0 Å². The Morgan fingerprint density at radius 3 is 1.20 bits per heavy atom. The Bertz CT molecular complexity index is 8030. The number of hydrogen-bond acceptors (Lipinski definition) is 45. The summed E-state index contributed by atoms with van der Waals surface area (Å²) in [4.78, 5) is 73.5. The number of ketones is 2. The lowest BCUT2D eigenvalue weighted by Crippen LogP contribution is -2.63. The number of ether oxygens (including phenoxy) is 6. The van der Waals surface area contributed by atoms with Gasteiger partial charge in [0.1, 0.15) is 202 Å². The van der Waals surface area contributed by atoms with Gasteiger partial charge in [0, 0.05) is 101 Å². The maximum absolute atomic E-state index is 12.9. The number of benzene rings is 12. The van der Waals surface area contributed by atoms with E-state index in [9.17, 15) is 177 Å². The van der Waals surface area contributed by atoms with Gasteiger partial charge in [-0.1, -0.05) is 42.0 Å². The summed E-state index contributed by atoms with van der Waals surface area (Å²) < 4.78 is 55.6. The van der Waals surface area contributed by atoms with E-state index < -0.39 is 165 Å². The first kappa shape index (κ1) is 103. The Morgan fingerprint density at radius 1 is 0.327 bits per heavy atom. The van der Waals surface area contributed by atoms with Crippen molar-refractivity contribution in [3.8, 4) is 195 Å². The average Bonchev–Trinajstić information content (AvgIpc) is 0.774. The molecule has 4 aliphatic rings. The smallest absolute Gasteiger partial charge is 0.238 e. The molecule has 29 N–H and O–H groups in total. The van der Waals surface area contributed by atoms with Crippen LogP contribution < -0.4 is 35.9 Å². The van der Waals surface area contributed by atoms with Gasteiger partial charge in [0.25, 0.3) is 0 Å². The maximum Gasteiger partial charge on any atom is 0.238 e. The average molecular weight is 2030 g/mol.